The van der Waals surface area contributed by atoms with E-state index in [0.29, 0.717) is 22.7 Å². The molecule has 0 bridgehead atoms. The molecule has 3 aromatic rings. The molecule has 1 saturated carbocycles. The Kier molecular flexibility index (Phi) is 6.17. The Labute approximate surface area is 184 Å². The second kappa shape index (κ2) is 9.01. The Morgan fingerprint density at radius 1 is 0.968 bits per heavy atom. The third kappa shape index (κ3) is 5.57. The zero-order valence-electron chi connectivity index (χ0n) is 16.5. The maximum atomic E-state index is 12.6. The number of carbonyl (C=O) groups is 2. The molecule has 31 heavy (non-hydrogen) atoms. The summed E-state index contributed by atoms with van der Waals surface area (Å²) in [6, 6.07) is 16.6. The monoisotopic (exact) mass is 455 g/mol. The number of amides is 2. The van der Waals surface area contributed by atoms with Crippen molar-refractivity contribution in [2.75, 3.05) is 5.32 Å². The molecule has 1 aliphatic carbocycles. The van der Waals surface area contributed by atoms with E-state index in [9.17, 15) is 18.0 Å². The lowest BCUT2D eigenvalue weighted by atomic mass is 10.1. The largest absolute Gasteiger partial charge is 0.347 e. The number of anilines is 1. The Morgan fingerprint density at radius 3 is 2.42 bits per heavy atom. The lowest BCUT2D eigenvalue weighted by molar-refractivity contribution is 0.0953. The predicted molar refractivity (Wildman–Crippen MR) is 120 cm³/mol. The number of benzene rings is 2. The average molecular weight is 456 g/mol. The molecule has 0 aliphatic heterocycles. The molecule has 1 fully saturated rings. The summed E-state index contributed by atoms with van der Waals surface area (Å²) in [6.45, 7) is 0.354. The quantitative estimate of drug-likeness (QED) is 0.484. The van der Waals surface area contributed by atoms with Crippen molar-refractivity contribution >= 4 is 38.9 Å². The molecule has 4 rings (SSSR count). The van der Waals surface area contributed by atoms with Crippen molar-refractivity contribution in [1.29, 1.82) is 0 Å². The van der Waals surface area contributed by atoms with Gasteiger partial charge in [0.2, 0.25) is 10.0 Å². The summed E-state index contributed by atoms with van der Waals surface area (Å²) in [4.78, 5) is 25.3. The summed E-state index contributed by atoms with van der Waals surface area (Å²) in [5.74, 6) is -0.485. The summed E-state index contributed by atoms with van der Waals surface area (Å²) < 4.78 is 27.3. The van der Waals surface area contributed by atoms with Crippen molar-refractivity contribution in [2.24, 2.45) is 0 Å². The van der Waals surface area contributed by atoms with Gasteiger partial charge in [0.25, 0.3) is 11.8 Å². The minimum Gasteiger partial charge on any atom is -0.347 e. The fourth-order valence-electron chi connectivity index (χ4n) is 2.88. The second-order valence-electron chi connectivity index (χ2n) is 7.23. The van der Waals surface area contributed by atoms with E-state index >= 15 is 0 Å². The van der Waals surface area contributed by atoms with Crippen molar-refractivity contribution in [1.82, 2.24) is 10.0 Å². The maximum Gasteiger partial charge on any atom is 0.261 e. The molecular formula is C22H21N3O4S2. The third-order valence-corrected chi connectivity index (χ3v) is 7.10. The number of hydrogen-bond acceptors (Lipinski definition) is 5. The maximum absolute atomic E-state index is 12.6. The lowest BCUT2D eigenvalue weighted by Gasteiger charge is -2.10. The summed E-state index contributed by atoms with van der Waals surface area (Å²) in [7, 11) is -3.59. The molecule has 0 radical (unpaired) electrons. The molecule has 1 aliphatic rings. The van der Waals surface area contributed by atoms with Gasteiger partial charge in [0.05, 0.1) is 9.77 Å². The number of carbonyl (C=O) groups excluding carboxylic acids is 2. The van der Waals surface area contributed by atoms with Crippen molar-refractivity contribution in [3.8, 4) is 0 Å². The van der Waals surface area contributed by atoms with E-state index in [1.165, 1.54) is 23.5 Å². The Hall–Kier alpha value is -3.01. The first-order chi connectivity index (χ1) is 14.9. The minimum atomic E-state index is -3.59. The lowest BCUT2D eigenvalue weighted by Crippen LogP contribution is -2.25. The SMILES string of the molecule is O=C(Nc1cccc(S(=O)(=O)NC2CC2)c1)c1ccc(CNC(=O)c2cccs2)cc1. The third-order valence-electron chi connectivity index (χ3n) is 4.72. The van der Waals surface area contributed by atoms with Crippen LogP contribution in [-0.2, 0) is 16.6 Å². The van der Waals surface area contributed by atoms with Crippen LogP contribution in [0.3, 0.4) is 0 Å². The molecule has 1 heterocycles. The van der Waals surface area contributed by atoms with E-state index in [4.69, 9.17) is 0 Å². The standard InChI is InChI=1S/C22H21N3O4S2/c26-21(24-18-3-1-4-19(13-18)31(28,29)25-17-10-11-17)16-8-6-15(7-9-16)14-23-22(27)20-5-2-12-30-20/h1-9,12-13,17,25H,10-11,14H2,(H,23,27)(H,24,26). The van der Waals surface area contributed by atoms with Gasteiger partial charge in [0.15, 0.2) is 0 Å². The highest BCUT2D eigenvalue weighted by atomic mass is 32.2. The number of thiophene rings is 1. The molecule has 1 aromatic heterocycles. The molecule has 7 nitrogen and oxygen atoms in total. The van der Waals surface area contributed by atoms with Gasteiger partial charge in [-0.1, -0.05) is 24.3 Å². The van der Waals surface area contributed by atoms with E-state index in [1.54, 1.807) is 42.5 Å². The van der Waals surface area contributed by atoms with Gasteiger partial charge in [-0.25, -0.2) is 13.1 Å². The second-order valence-corrected chi connectivity index (χ2v) is 9.90. The Bertz CT molecular complexity index is 1190. The Balaban J connectivity index is 1.36. The highest BCUT2D eigenvalue weighted by molar-refractivity contribution is 7.89. The van der Waals surface area contributed by atoms with E-state index in [2.05, 4.69) is 15.4 Å². The summed E-state index contributed by atoms with van der Waals surface area (Å²) in [5.41, 5.74) is 1.69. The van der Waals surface area contributed by atoms with Crippen molar-refractivity contribution in [3.05, 3.63) is 82.0 Å². The number of nitrogens with one attached hydrogen (secondary N) is 3. The van der Waals surface area contributed by atoms with Crippen molar-refractivity contribution in [3.63, 3.8) is 0 Å². The van der Waals surface area contributed by atoms with Gasteiger partial charge in [0, 0.05) is 23.8 Å². The van der Waals surface area contributed by atoms with Gasteiger partial charge in [-0.05, 0) is 60.2 Å². The van der Waals surface area contributed by atoms with E-state index in [0.717, 1.165) is 18.4 Å². The van der Waals surface area contributed by atoms with Crippen LogP contribution in [-0.4, -0.2) is 26.3 Å². The van der Waals surface area contributed by atoms with Gasteiger partial charge in [-0.2, -0.15) is 0 Å². The summed E-state index contributed by atoms with van der Waals surface area (Å²) >= 11 is 1.38. The molecule has 2 aromatic carbocycles. The molecule has 9 heteroatoms. The van der Waals surface area contributed by atoms with Crippen molar-refractivity contribution < 1.29 is 18.0 Å². The number of hydrogen-bond donors (Lipinski definition) is 3. The van der Waals surface area contributed by atoms with Gasteiger partial charge in [0.1, 0.15) is 0 Å². The predicted octanol–water partition coefficient (Wildman–Crippen LogP) is 3.37. The smallest absolute Gasteiger partial charge is 0.261 e. The van der Waals surface area contributed by atoms with E-state index < -0.39 is 10.0 Å². The zero-order valence-corrected chi connectivity index (χ0v) is 18.1. The van der Waals surface area contributed by atoms with Crippen LogP contribution in [0, 0.1) is 0 Å². The summed E-state index contributed by atoms with van der Waals surface area (Å²) in [5, 5.41) is 7.41. The minimum absolute atomic E-state index is 0.0110. The van der Waals surface area contributed by atoms with Gasteiger partial charge >= 0.3 is 0 Å². The summed E-state index contributed by atoms with van der Waals surface area (Å²) in [6.07, 6.45) is 1.70. The van der Waals surface area contributed by atoms with Crippen LogP contribution in [0.4, 0.5) is 5.69 Å². The highest BCUT2D eigenvalue weighted by Crippen LogP contribution is 2.23. The van der Waals surface area contributed by atoms with Crippen molar-refractivity contribution in [2.45, 2.75) is 30.3 Å². The molecule has 0 spiro atoms. The first-order valence-electron chi connectivity index (χ1n) is 9.75. The molecule has 0 unspecified atom stereocenters. The average Bonchev–Trinajstić information content (AvgIpc) is 3.38. The van der Waals surface area contributed by atoms with Gasteiger partial charge in [-0.15, -0.1) is 11.3 Å². The number of sulfonamides is 1. The van der Waals surface area contributed by atoms with E-state index in [-0.39, 0.29) is 22.8 Å². The van der Waals surface area contributed by atoms with Crippen LogP contribution in [0.2, 0.25) is 0 Å². The van der Waals surface area contributed by atoms with Crippen LogP contribution < -0.4 is 15.4 Å². The zero-order chi connectivity index (χ0) is 21.8. The first-order valence-corrected chi connectivity index (χ1v) is 12.1. The van der Waals surface area contributed by atoms with Crippen LogP contribution in [0.15, 0.2) is 70.9 Å². The molecule has 160 valence electrons. The molecular weight excluding hydrogens is 434 g/mol. The van der Waals surface area contributed by atoms with Gasteiger partial charge < -0.3 is 10.6 Å². The normalized spacial score (nSPS) is 13.5. The van der Waals surface area contributed by atoms with Crippen LogP contribution in [0.25, 0.3) is 0 Å². The number of rotatable bonds is 8. The molecule has 0 atom stereocenters. The highest BCUT2D eigenvalue weighted by Gasteiger charge is 2.28. The van der Waals surface area contributed by atoms with Crippen LogP contribution in [0.1, 0.15) is 38.4 Å². The van der Waals surface area contributed by atoms with E-state index in [1.807, 2.05) is 11.4 Å². The Morgan fingerprint density at radius 2 is 1.74 bits per heavy atom. The van der Waals surface area contributed by atoms with Gasteiger partial charge in [-0.3, -0.25) is 9.59 Å². The first kappa shape index (κ1) is 21.2. The molecule has 2 amide bonds. The van der Waals surface area contributed by atoms with Crippen LogP contribution >= 0.6 is 11.3 Å². The molecule has 3 N–H and O–H groups in total. The molecule has 0 saturated heterocycles. The topological polar surface area (TPSA) is 104 Å². The fraction of sp³-hybridized carbons (Fsp3) is 0.182. The van der Waals surface area contributed by atoms with Crippen LogP contribution in [0.5, 0.6) is 0 Å². The fourth-order valence-corrected chi connectivity index (χ4v) is 4.87.